The summed E-state index contributed by atoms with van der Waals surface area (Å²) < 4.78 is 27.0. The van der Waals surface area contributed by atoms with Crippen LogP contribution >= 0.6 is 7.82 Å². The van der Waals surface area contributed by atoms with E-state index in [1.165, 1.54) is 135 Å². The SMILES string of the molecule is CCCCC/C=C\C/C=C\C/C=C\CCCCCCCCC(=O)NCCOP(=O)(O)OCC(O)COC(=O)CCCCCCCCCCCCCCC/C=C\C/C=C\CCCCC. The normalized spacial score (nSPS) is 13.7. The summed E-state index contributed by atoms with van der Waals surface area (Å²) in [6.45, 7) is 3.51. The Morgan fingerprint density at radius 3 is 1.29 bits per heavy atom. The molecule has 0 rings (SSSR count). The number of nitrogens with one attached hydrogen (secondary N) is 1. The Bertz CT molecular complexity index is 1220. The van der Waals surface area contributed by atoms with Crippen molar-refractivity contribution in [1.82, 2.24) is 5.32 Å². The number of phosphoric acid groups is 1. The van der Waals surface area contributed by atoms with Gasteiger partial charge in [0.15, 0.2) is 0 Å². The first-order valence-corrected chi connectivity index (χ1v) is 27.3. The Morgan fingerprint density at radius 2 is 0.857 bits per heavy atom. The minimum atomic E-state index is -4.43. The van der Waals surface area contributed by atoms with Gasteiger partial charge in [-0.2, -0.15) is 0 Å². The number of allylic oxidation sites excluding steroid dienone is 10. The van der Waals surface area contributed by atoms with E-state index in [0.717, 1.165) is 70.6 Å². The molecule has 9 nitrogen and oxygen atoms in total. The second-order valence-electron chi connectivity index (χ2n) is 17.1. The van der Waals surface area contributed by atoms with Crippen molar-refractivity contribution in [2.24, 2.45) is 0 Å². The molecular formula is C53H96NO8P. The monoisotopic (exact) mass is 906 g/mol. The van der Waals surface area contributed by atoms with Gasteiger partial charge in [0.25, 0.3) is 0 Å². The second-order valence-corrected chi connectivity index (χ2v) is 18.6. The quantitative estimate of drug-likeness (QED) is 0.0238. The molecule has 0 heterocycles. The molecule has 0 aromatic rings. The number of aliphatic hydroxyl groups excluding tert-OH is 1. The Labute approximate surface area is 387 Å². The van der Waals surface area contributed by atoms with E-state index >= 15 is 0 Å². The Hall–Kier alpha value is -2.29. The Kier molecular flexibility index (Phi) is 47.4. The van der Waals surface area contributed by atoms with E-state index in [0.29, 0.717) is 6.42 Å². The van der Waals surface area contributed by atoms with Crippen LogP contribution in [0.3, 0.4) is 0 Å². The van der Waals surface area contributed by atoms with Crippen LogP contribution in [0.4, 0.5) is 0 Å². The van der Waals surface area contributed by atoms with E-state index in [1.54, 1.807) is 0 Å². The maximum atomic E-state index is 12.1. The van der Waals surface area contributed by atoms with E-state index < -0.39 is 26.5 Å². The van der Waals surface area contributed by atoms with Crippen molar-refractivity contribution in [3.8, 4) is 0 Å². The van der Waals surface area contributed by atoms with Crippen LogP contribution in [-0.4, -0.2) is 54.3 Å². The molecule has 0 aromatic heterocycles. The van der Waals surface area contributed by atoms with Gasteiger partial charge in [-0.15, -0.1) is 0 Å². The summed E-state index contributed by atoms with van der Waals surface area (Å²) in [5, 5.41) is 12.7. The van der Waals surface area contributed by atoms with E-state index in [9.17, 15) is 24.2 Å². The van der Waals surface area contributed by atoms with Gasteiger partial charge in [-0.1, -0.05) is 197 Å². The fourth-order valence-electron chi connectivity index (χ4n) is 7.01. The van der Waals surface area contributed by atoms with Crippen molar-refractivity contribution < 1.29 is 37.9 Å². The standard InChI is InChI=1S/C53H96NO8P/c1-3-5-7-9-11-13-15-17-19-21-23-24-25-26-28-30-32-34-36-38-40-42-44-46-53(57)60-49-51(55)50-62-63(58,59)61-48-47-54-52(56)45-43-41-39-37-35-33-31-29-27-22-20-18-16-14-12-10-8-6-4-2/h11-14,17-20,27,29,51,55H,3-10,15-16,21-26,28,30-50H2,1-2H3,(H,54,56)(H,58,59)/b13-11-,14-12-,19-17-,20-18-,29-27-. The summed E-state index contributed by atoms with van der Waals surface area (Å²) in [4.78, 5) is 34.1. The van der Waals surface area contributed by atoms with Gasteiger partial charge in [0.2, 0.25) is 5.91 Å². The van der Waals surface area contributed by atoms with Crippen molar-refractivity contribution in [2.75, 3.05) is 26.4 Å². The average Bonchev–Trinajstić information content (AvgIpc) is 3.27. The van der Waals surface area contributed by atoms with Crippen LogP contribution in [0, 0.1) is 0 Å². The molecule has 3 N–H and O–H groups in total. The highest BCUT2D eigenvalue weighted by Crippen LogP contribution is 2.42. The molecule has 0 fully saturated rings. The molecule has 63 heavy (non-hydrogen) atoms. The zero-order chi connectivity index (χ0) is 46.0. The first-order valence-electron chi connectivity index (χ1n) is 25.8. The zero-order valence-electron chi connectivity index (χ0n) is 40.5. The molecule has 1 amide bonds. The first-order chi connectivity index (χ1) is 30.8. The summed E-state index contributed by atoms with van der Waals surface area (Å²) in [6, 6.07) is 0. The molecule has 0 aromatic carbocycles. The molecule has 2 unspecified atom stereocenters. The van der Waals surface area contributed by atoms with Crippen LogP contribution in [-0.2, 0) is 27.9 Å². The van der Waals surface area contributed by atoms with Crippen molar-refractivity contribution in [3.63, 3.8) is 0 Å². The van der Waals surface area contributed by atoms with E-state index in [2.05, 4.69) is 79.9 Å². The minimum Gasteiger partial charge on any atom is -0.463 e. The van der Waals surface area contributed by atoms with E-state index in [4.69, 9.17) is 13.8 Å². The van der Waals surface area contributed by atoms with Crippen molar-refractivity contribution in [2.45, 2.75) is 238 Å². The summed E-state index contributed by atoms with van der Waals surface area (Å²) in [5.74, 6) is -0.527. The van der Waals surface area contributed by atoms with Crippen LogP contribution in [0.25, 0.3) is 0 Å². The highest BCUT2D eigenvalue weighted by atomic mass is 31.2. The number of rotatable bonds is 48. The predicted octanol–water partition coefficient (Wildman–Crippen LogP) is 15.2. The maximum Gasteiger partial charge on any atom is 0.472 e. The number of aliphatic hydroxyl groups is 1. The lowest BCUT2D eigenvalue weighted by molar-refractivity contribution is -0.147. The predicted molar refractivity (Wildman–Crippen MR) is 266 cm³/mol. The third-order valence-electron chi connectivity index (χ3n) is 10.9. The van der Waals surface area contributed by atoms with Crippen molar-refractivity contribution in [1.29, 1.82) is 0 Å². The van der Waals surface area contributed by atoms with Crippen LogP contribution in [0.5, 0.6) is 0 Å². The smallest absolute Gasteiger partial charge is 0.463 e. The van der Waals surface area contributed by atoms with Gasteiger partial charge < -0.3 is 20.1 Å². The molecule has 0 aliphatic rings. The van der Waals surface area contributed by atoms with Gasteiger partial charge in [0, 0.05) is 19.4 Å². The number of amides is 1. The third kappa shape index (κ3) is 50.6. The van der Waals surface area contributed by atoms with Crippen molar-refractivity contribution >= 4 is 19.7 Å². The highest BCUT2D eigenvalue weighted by Gasteiger charge is 2.23. The molecule has 0 spiro atoms. The van der Waals surface area contributed by atoms with Gasteiger partial charge in [0.1, 0.15) is 12.7 Å². The summed E-state index contributed by atoms with van der Waals surface area (Å²) in [6.07, 6.45) is 60.1. The molecule has 2 atom stereocenters. The Morgan fingerprint density at radius 1 is 0.492 bits per heavy atom. The molecule has 0 saturated heterocycles. The molecule has 366 valence electrons. The molecule has 0 aliphatic carbocycles. The van der Waals surface area contributed by atoms with Crippen LogP contribution in [0.15, 0.2) is 60.8 Å². The molecule has 0 radical (unpaired) electrons. The topological polar surface area (TPSA) is 131 Å². The van der Waals surface area contributed by atoms with E-state index in [-0.39, 0.29) is 32.1 Å². The van der Waals surface area contributed by atoms with E-state index in [1.807, 2.05) is 0 Å². The largest absolute Gasteiger partial charge is 0.472 e. The lowest BCUT2D eigenvalue weighted by Crippen LogP contribution is -2.27. The third-order valence-corrected chi connectivity index (χ3v) is 11.9. The number of unbranched alkanes of at least 4 members (excludes halogenated alkanes) is 25. The Balaban J connectivity index is 3.57. The number of carbonyl (C=O) groups excluding carboxylic acids is 2. The van der Waals surface area contributed by atoms with Gasteiger partial charge in [-0.05, 0) is 83.5 Å². The number of ether oxygens (including phenoxy) is 1. The first kappa shape index (κ1) is 60.7. The van der Waals surface area contributed by atoms with Gasteiger partial charge >= 0.3 is 13.8 Å². The average molecular weight is 906 g/mol. The zero-order valence-corrected chi connectivity index (χ0v) is 41.4. The number of hydrogen-bond acceptors (Lipinski definition) is 7. The summed E-state index contributed by atoms with van der Waals surface area (Å²) in [7, 11) is -4.43. The summed E-state index contributed by atoms with van der Waals surface area (Å²) in [5.41, 5.74) is 0. The fraction of sp³-hybridized carbons (Fsp3) is 0.774. The number of carbonyl (C=O) groups is 2. The van der Waals surface area contributed by atoms with Crippen LogP contribution in [0.2, 0.25) is 0 Å². The number of phosphoric ester groups is 1. The number of hydrogen-bond donors (Lipinski definition) is 3. The van der Waals surface area contributed by atoms with Crippen LogP contribution in [0.1, 0.15) is 232 Å². The lowest BCUT2D eigenvalue weighted by atomic mass is 10.0. The van der Waals surface area contributed by atoms with Gasteiger partial charge in [0.05, 0.1) is 13.2 Å². The van der Waals surface area contributed by atoms with Gasteiger partial charge in [-0.3, -0.25) is 18.6 Å². The second kappa shape index (κ2) is 49.2. The molecule has 0 saturated carbocycles. The highest BCUT2D eigenvalue weighted by molar-refractivity contribution is 7.47. The fourth-order valence-corrected chi connectivity index (χ4v) is 7.76. The molecular weight excluding hydrogens is 810 g/mol. The van der Waals surface area contributed by atoms with Gasteiger partial charge in [-0.25, -0.2) is 4.57 Å². The summed E-state index contributed by atoms with van der Waals surface area (Å²) >= 11 is 0. The molecule has 10 heteroatoms. The number of esters is 1. The maximum absolute atomic E-state index is 12.1. The lowest BCUT2D eigenvalue weighted by Gasteiger charge is -2.15. The molecule has 0 aliphatic heterocycles. The minimum absolute atomic E-state index is 0.0728. The molecule has 0 bridgehead atoms. The van der Waals surface area contributed by atoms with Crippen molar-refractivity contribution in [3.05, 3.63) is 60.8 Å². The van der Waals surface area contributed by atoms with Crippen LogP contribution < -0.4 is 5.32 Å².